The van der Waals surface area contributed by atoms with Gasteiger partial charge in [0.15, 0.2) is 0 Å². The molecule has 1 heterocycles. The van der Waals surface area contributed by atoms with Crippen LogP contribution in [0.4, 0.5) is 5.69 Å². The highest BCUT2D eigenvalue weighted by atomic mass is 15.2. The summed E-state index contributed by atoms with van der Waals surface area (Å²) in [4.78, 5) is 4.78. The van der Waals surface area contributed by atoms with Crippen LogP contribution >= 0.6 is 0 Å². The van der Waals surface area contributed by atoms with E-state index in [1.807, 2.05) is 0 Å². The number of rotatable bonds is 4. The molecule has 0 spiro atoms. The Morgan fingerprint density at radius 2 is 1.67 bits per heavy atom. The molecule has 0 fully saturated rings. The van der Waals surface area contributed by atoms with Gasteiger partial charge in [-0.3, -0.25) is 0 Å². The van der Waals surface area contributed by atoms with Gasteiger partial charge in [0.1, 0.15) is 0 Å². The molecule has 2 aromatic carbocycles. The topological polar surface area (TPSA) is 6.48 Å². The lowest BCUT2D eigenvalue weighted by molar-refractivity contribution is 0.411. The highest BCUT2D eigenvalue weighted by molar-refractivity contribution is 5.65. The Bertz CT molecular complexity index is 606. The maximum Gasteiger partial charge on any atom is 0.0409 e. The summed E-state index contributed by atoms with van der Waals surface area (Å²) < 4.78 is 0. The quantitative estimate of drug-likeness (QED) is 0.847. The number of para-hydroxylation sites is 1. The Kier molecular flexibility index (Phi) is 3.73. The summed E-state index contributed by atoms with van der Waals surface area (Å²) in [7, 11) is 4.27. The summed E-state index contributed by atoms with van der Waals surface area (Å²) in [5, 5.41) is 0. The van der Waals surface area contributed by atoms with Gasteiger partial charge in [-0.05, 0) is 38.2 Å². The fourth-order valence-electron chi connectivity index (χ4n) is 3.34. The zero-order valence-electron chi connectivity index (χ0n) is 13.2. The van der Waals surface area contributed by atoms with E-state index in [1.165, 1.54) is 16.8 Å². The van der Waals surface area contributed by atoms with Gasteiger partial charge in [-0.1, -0.05) is 48.5 Å². The predicted molar refractivity (Wildman–Crippen MR) is 90.1 cm³/mol. The van der Waals surface area contributed by atoms with Crippen LogP contribution in [-0.2, 0) is 5.41 Å². The van der Waals surface area contributed by atoms with Crippen LogP contribution in [-0.4, -0.2) is 38.6 Å². The first-order chi connectivity index (χ1) is 10.1. The molecule has 2 nitrogen and oxygen atoms in total. The molecular formula is C19H24N2. The van der Waals surface area contributed by atoms with Gasteiger partial charge in [-0.2, -0.15) is 0 Å². The van der Waals surface area contributed by atoms with E-state index in [0.29, 0.717) is 0 Å². The summed E-state index contributed by atoms with van der Waals surface area (Å²) in [5.41, 5.74) is 4.34. The average Bonchev–Trinajstić information content (AvgIpc) is 2.81. The molecule has 21 heavy (non-hydrogen) atoms. The highest BCUT2D eigenvalue weighted by Gasteiger charge is 2.39. The fourth-order valence-corrected chi connectivity index (χ4v) is 3.34. The van der Waals surface area contributed by atoms with E-state index in [9.17, 15) is 0 Å². The average molecular weight is 280 g/mol. The molecule has 1 aliphatic heterocycles. The molecule has 110 valence electrons. The van der Waals surface area contributed by atoms with Crippen molar-refractivity contribution in [2.75, 3.05) is 38.6 Å². The molecule has 1 atom stereocenters. The maximum absolute atomic E-state index is 2.53. The molecule has 2 heteroatoms. The van der Waals surface area contributed by atoms with Gasteiger partial charge in [0.2, 0.25) is 0 Å². The molecule has 0 bridgehead atoms. The third kappa shape index (κ3) is 2.56. The molecule has 1 unspecified atom stereocenters. The molecule has 0 saturated carbocycles. The molecule has 0 radical (unpaired) electrons. The smallest absolute Gasteiger partial charge is 0.0409 e. The van der Waals surface area contributed by atoms with E-state index in [-0.39, 0.29) is 5.41 Å². The molecule has 3 rings (SSSR count). The number of likely N-dealkylation sites (N-methyl/N-ethyl adjacent to an activating group) is 1. The van der Waals surface area contributed by atoms with Crippen LogP contribution < -0.4 is 4.90 Å². The molecule has 0 aliphatic carbocycles. The first kappa shape index (κ1) is 14.2. The van der Waals surface area contributed by atoms with Gasteiger partial charge in [0.25, 0.3) is 0 Å². The van der Waals surface area contributed by atoms with Crippen molar-refractivity contribution in [1.82, 2.24) is 4.90 Å². The van der Waals surface area contributed by atoms with Gasteiger partial charge in [-0.25, -0.2) is 0 Å². The van der Waals surface area contributed by atoms with Gasteiger partial charge >= 0.3 is 0 Å². The van der Waals surface area contributed by atoms with Crippen LogP contribution in [0.1, 0.15) is 18.1 Å². The van der Waals surface area contributed by atoms with Crippen LogP contribution in [0.15, 0.2) is 54.6 Å². The summed E-state index contributed by atoms with van der Waals surface area (Å²) >= 11 is 0. The Morgan fingerprint density at radius 1 is 1.00 bits per heavy atom. The molecule has 0 saturated heterocycles. The third-order valence-corrected chi connectivity index (χ3v) is 4.57. The van der Waals surface area contributed by atoms with Gasteiger partial charge in [-0.15, -0.1) is 0 Å². The molecular weight excluding hydrogens is 256 g/mol. The molecule has 0 amide bonds. The van der Waals surface area contributed by atoms with Crippen LogP contribution in [0.25, 0.3) is 0 Å². The van der Waals surface area contributed by atoms with Crippen LogP contribution in [0.3, 0.4) is 0 Å². The number of hydrogen-bond donors (Lipinski definition) is 0. The molecule has 1 aliphatic rings. The third-order valence-electron chi connectivity index (χ3n) is 4.57. The molecule has 0 N–H and O–H groups in total. The minimum absolute atomic E-state index is 0.0875. The van der Waals surface area contributed by atoms with Crippen LogP contribution in [0.2, 0.25) is 0 Å². The van der Waals surface area contributed by atoms with Crippen molar-refractivity contribution >= 4 is 5.69 Å². The van der Waals surface area contributed by atoms with Crippen molar-refractivity contribution in [1.29, 1.82) is 0 Å². The summed E-state index contributed by atoms with van der Waals surface area (Å²) in [6.07, 6.45) is 0. The second kappa shape index (κ2) is 5.53. The summed E-state index contributed by atoms with van der Waals surface area (Å²) in [5.74, 6) is 0. The largest absolute Gasteiger partial charge is 0.369 e. The van der Waals surface area contributed by atoms with Crippen molar-refractivity contribution in [2.45, 2.75) is 12.3 Å². The number of hydrogen-bond acceptors (Lipinski definition) is 2. The van der Waals surface area contributed by atoms with E-state index in [1.54, 1.807) is 0 Å². The second-order valence-electron chi connectivity index (χ2n) is 6.44. The molecule has 2 aromatic rings. The number of nitrogens with zero attached hydrogens (tertiary/aromatic N) is 2. The standard InChI is InChI=1S/C19H24N2/c1-19(16-9-5-4-6-10-16)15-21(14-13-20(2)3)18-12-8-7-11-17(18)19/h4-12H,13-15H2,1-3H3. The number of anilines is 1. The minimum Gasteiger partial charge on any atom is -0.369 e. The summed E-state index contributed by atoms with van der Waals surface area (Å²) in [6, 6.07) is 19.8. The van der Waals surface area contributed by atoms with E-state index in [4.69, 9.17) is 0 Å². The number of fused-ring (bicyclic) bond motifs is 1. The Morgan fingerprint density at radius 3 is 2.38 bits per heavy atom. The van der Waals surface area contributed by atoms with Crippen molar-refractivity contribution in [3.8, 4) is 0 Å². The Hall–Kier alpha value is -1.80. The van der Waals surface area contributed by atoms with Crippen LogP contribution in [0, 0.1) is 0 Å². The van der Waals surface area contributed by atoms with E-state index >= 15 is 0 Å². The van der Waals surface area contributed by atoms with Gasteiger partial charge < -0.3 is 9.80 Å². The monoisotopic (exact) mass is 280 g/mol. The lowest BCUT2D eigenvalue weighted by atomic mass is 9.78. The van der Waals surface area contributed by atoms with E-state index < -0.39 is 0 Å². The first-order valence-electron chi connectivity index (χ1n) is 7.66. The van der Waals surface area contributed by atoms with Crippen LogP contribution in [0.5, 0.6) is 0 Å². The normalized spacial score (nSPS) is 20.9. The zero-order valence-corrected chi connectivity index (χ0v) is 13.2. The first-order valence-corrected chi connectivity index (χ1v) is 7.66. The second-order valence-corrected chi connectivity index (χ2v) is 6.44. The zero-order chi connectivity index (χ0) is 14.9. The van der Waals surface area contributed by atoms with Crippen molar-refractivity contribution in [3.05, 3.63) is 65.7 Å². The van der Waals surface area contributed by atoms with E-state index in [2.05, 4.69) is 85.4 Å². The predicted octanol–water partition coefficient (Wildman–Crippen LogP) is 3.37. The number of benzene rings is 2. The lowest BCUT2D eigenvalue weighted by Crippen LogP contribution is -2.35. The highest BCUT2D eigenvalue weighted by Crippen LogP contribution is 2.44. The minimum atomic E-state index is 0.0875. The Labute approximate surface area is 128 Å². The maximum atomic E-state index is 2.53. The fraction of sp³-hybridized carbons (Fsp3) is 0.368. The van der Waals surface area contributed by atoms with E-state index in [0.717, 1.165) is 19.6 Å². The van der Waals surface area contributed by atoms with Gasteiger partial charge in [0.05, 0.1) is 0 Å². The lowest BCUT2D eigenvalue weighted by Gasteiger charge is -2.27. The molecule has 0 aromatic heterocycles. The SMILES string of the molecule is CN(C)CCN1CC(C)(c2ccccc2)c2ccccc21. The Balaban J connectivity index is 1.98. The van der Waals surface area contributed by atoms with Gasteiger partial charge in [0, 0.05) is 30.7 Å². The van der Waals surface area contributed by atoms with Crippen molar-refractivity contribution < 1.29 is 0 Å². The van der Waals surface area contributed by atoms with Crippen molar-refractivity contribution in [2.24, 2.45) is 0 Å². The van der Waals surface area contributed by atoms with Crippen molar-refractivity contribution in [3.63, 3.8) is 0 Å². The summed E-state index contributed by atoms with van der Waals surface area (Å²) in [6.45, 7) is 5.59.